The summed E-state index contributed by atoms with van der Waals surface area (Å²) in [7, 11) is 0. The van der Waals surface area contributed by atoms with Gasteiger partial charge in [0.05, 0.1) is 18.5 Å². The third-order valence-corrected chi connectivity index (χ3v) is 4.30. The second-order valence-electron chi connectivity index (χ2n) is 7.13. The molecule has 0 unspecified atom stereocenters. The van der Waals surface area contributed by atoms with Gasteiger partial charge in [0.2, 0.25) is 0 Å². The molecule has 0 aliphatic rings. The van der Waals surface area contributed by atoms with E-state index in [0.717, 1.165) is 29.0 Å². The van der Waals surface area contributed by atoms with Gasteiger partial charge in [-0.05, 0) is 43.0 Å². The summed E-state index contributed by atoms with van der Waals surface area (Å²) >= 11 is 0. The molecule has 1 aromatic heterocycles. The number of hydrazone groups is 1. The fraction of sp³-hybridized carbons (Fsp3) is 0.261. The van der Waals surface area contributed by atoms with Crippen LogP contribution in [-0.2, 0) is 6.42 Å². The molecule has 0 saturated heterocycles. The van der Waals surface area contributed by atoms with Gasteiger partial charge in [0, 0.05) is 11.1 Å². The zero-order valence-electron chi connectivity index (χ0n) is 17.0. The van der Waals surface area contributed by atoms with Gasteiger partial charge < -0.3 is 4.74 Å². The van der Waals surface area contributed by atoms with Gasteiger partial charge in [-0.3, -0.25) is 9.89 Å². The molecule has 3 aromatic rings. The van der Waals surface area contributed by atoms with Crippen molar-refractivity contribution in [3.05, 3.63) is 71.4 Å². The molecule has 2 aromatic carbocycles. The molecule has 0 spiro atoms. The number of hydrogen-bond acceptors (Lipinski definition) is 4. The third kappa shape index (κ3) is 5.54. The standard InChI is InChI=1S/C23H26N4O2/c1-4-29-22-8-6-5-7-19(22)15-24-27-23(28)21-14-20(25-26-21)18-11-9-17(10-12-18)13-16(2)3/h5-12,14-16H,4,13H2,1-3H3,(H,25,26)(H,27,28). The Kier molecular flexibility index (Phi) is 6.79. The summed E-state index contributed by atoms with van der Waals surface area (Å²) in [5, 5.41) is 11.0. The Bertz CT molecular complexity index is 975. The van der Waals surface area contributed by atoms with Crippen molar-refractivity contribution in [1.29, 1.82) is 0 Å². The number of nitrogens with zero attached hydrogens (tertiary/aromatic N) is 2. The van der Waals surface area contributed by atoms with Crippen molar-refractivity contribution >= 4 is 12.1 Å². The number of rotatable bonds is 8. The number of para-hydroxylation sites is 1. The molecule has 150 valence electrons. The van der Waals surface area contributed by atoms with Crippen LogP contribution in [0.4, 0.5) is 0 Å². The molecule has 6 heteroatoms. The molecular formula is C23H26N4O2. The summed E-state index contributed by atoms with van der Waals surface area (Å²) in [4.78, 5) is 12.3. The van der Waals surface area contributed by atoms with Crippen molar-refractivity contribution < 1.29 is 9.53 Å². The van der Waals surface area contributed by atoms with Crippen LogP contribution >= 0.6 is 0 Å². The van der Waals surface area contributed by atoms with E-state index in [9.17, 15) is 4.79 Å². The summed E-state index contributed by atoms with van der Waals surface area (Å²) in [6, 6.07) is 17.5. The molecule has 0 aliphatic carbocycles. The molecule has 0 atom stereocenters. The molecule has 0 fully saturated rings. The Morgan fingerprint density at radius 3 is 2.69 bits per heavy atom. The molecule has 0 aliphatic heterocycles. The number of H-pyrrole nitrogens is 1. The Morgan fingerprint density at radius 2 is 1.97 bits per heavy atom. The maximum atomic E-state index is 12.3. The van der Waals surface area contributed by atoms with Crippen LogP contribution in [0.5, 0.6) is 5.75 Å². The number of carbonyl (C=O) groups excluding carboxylic acids is 1. The van der Waals surface area contributed by atoms with E-state index >= 15 is 0 Å². The minimum Gasteiger partial charge on any atom is -0.493 e. The molecule has 1 heterocycles. The Hall–Kier alpha value is -3.41. The zero-order valence-corrected chi connectivity index (χ0v) is 17.0. The monoisotopic (exact) mass is 390 g/mol. The minimum atomic E-state index is -0.356. The largest absolute Gasteiger partial charge is 0.493 e. The number of ether oxygens (including phenoxy) is 1. The number of aromatic amines is 1. The second kappa shape index (κ2) is 9.68. The van der Waals surface area contributed by atoms with Crippen molar-refractivity contribution in [3.63, 3.8) is 0 Å². The minimum absolute atomic E-state index is 0.349. The van der Waals surface area contributed by atoms with Gasteiger partial charge in [-0.1, -0.05) is 50.2 Å². The van der Waals surface area contributed by atoms with E-state index in [1.165, 1.54) is 5.56 Å². The maximum Gasteiger partial charge on any atom is 0.289 e. The molecule has 3 rings (SSSR count). The van der Waals surface area contributed by atoms with Crippen molar-refractivity contribution in [2.45, 2.75) is 27.2 Å². The van der Waals surface area contributed by atoms with Crippen LogP contribution in [0.1, 0.15) is 42.4 Å². The molecule has 0 saturated carbocycles. The number of aromatic nitrogens is 2. The van der Waals surface area contributed by atoms with Gasteiger partial charge in [-0.25, -0.2) is 5.43 Å². The average Bonchev–Trinajstić information content (AvgIpc) is 3.20. The van der Waals surface area contributed by atoms with Crippen molar-refractivity contribution in [2.75, 3.05) is 6.61 Å². The highest BCUT2D eigenvalue weighted by molar-refractivity contribution is 5.94. The summed E-state index contributed by atoms with van der Waals surface area (Å²) in [6.45, 7) is 6.88. The molecular weight excluding hydrogens is 364 g/mol. The van der Waals surface area contributed by atoms with E-state index in [-0.39, 0.29) is 5.91 Å². The summed E-state index contributed by atoms with van der Waals surface area (Å²) < 4.78 is 5.54. The number of carbonyl (C=O) groups is 1. The first-order chi connectivity index (χ1) is 14.1. The quantitative estimate of drug-likeness (QED) is 0.441. The Morgan fingerprint density at radius 1 is 1.21 bits per heavy atom. The molecule has 0 bridgehead atoms. The van der Waals surface area contributed by atoms with Gasteiger partial charge in [-0.2, -0.15) is 10.2 Å². The lowest BCUT2D eigenvalue weighted by Gasteiger charge is -2.05. The van der Waals surface area contributed by atoms with Crippen LogP contribution in [0.3, 0.4) is 0 Å². The van der Waals surface area contributed by atoms with Crippen LogP contribution in [0, 0.1) is 5.92 Å². The van der Waals surface area contributed by atoms with Crippen molar-refractivity contribution in [1.82, 2.24) is 15.6 Å². The van der Waals surface area contributed by atoms with E-state index in [0.29, 0.717) is 18.2 Å². The number of benzene rings is 2. The number of amides is 1. The summed E-state index contributed by atoms with van der Waals surface area (Å²) in [5.74, 6) is 0.977. The molecule has 6 nitrogen and oxygen atoms in total. The third-order valence-electron chi connectivity index (χ3n) is 4.30. The molecule has 2 N–H and O–H groups in total. The predicted octanol–water partition coefficient (Wildman–Crippen LogP) is 4.44. The Balaban J connectivity index is 1.64. The van der Waals surface area contributed by atoms with Crippen LogP contribution in [0.15, 0.2) is 59.7 Å². The average molecular weight is 390 g/mol. The lowest BCUT2D eigenvalue weighted by Crippen LogP contribution is -2.18. The topological polar surface area (TPSA) is 79.4 Å². The molecule has 29 heavy (non-hydrogen) atoms. The predicted molar refractivity (Wildman–Crippen MR) is 115 cm³/mol. The molecule has 0 radical (unpaired) electrons. The highest BCUT2D eigenvalue weighted by Crippen LogP contribution is 2.20. The molecule has 1 amide bonds. The normalized spacial score (nSPS) is 11.2. The van der Waals surface area contributed by atoms with Gasteiger partial charge in [-0.15, -0.1) is 0 Å². The number of hydrogen-bond donors (Lipinski definition) is 2. The van der Waals surface area contributed by atoms with E-state index < -0.39 is 0 Å². The van der Waals surface area contributed by atoms with Crippen molar-refractivity contribution in [2.24, 2.45) is 11.0 Å². The van der Waals surface area contributed by atoms with Crippen LogP contribution < -0.4 is 10.2 Å². The second-order valence-corrected chi connectivity index (χ2v) is 7.13. The van der Waals surface area contributed by atoms with Gasteiger partial charge in [0.25, 0.3) is 5.91 Å². The van der Waals surface area contributed by atoms with Crippen LogP contribution in [0.25, 0.3) is 11.3 Å². The fourth-order valence-electron chi connectivity index (χ4n) is 2.96. The summed E-state index contributed by atoms with van der Waals surface area (Å²) in [5.41, 5.74) is 6.63. The fourth-order valence-corrected chi connectivity index (χ4v) is 2.96. The Labute approximate surface area is 171 Å². The smallest absolute Gasteiger partial charge is 0.289 e. The van der Waals surface area contributed by atoms with E-state index in [4.69, 9.17) is 4.74 Å². The number of nitrogens with one attached hydrogen (secondary N) is 2. The SMILES string of the molecule is CCOc1ccccc1C=NNC(=O)c1cc(-c2ccc(CC(C)C)cc2)n[nH]1. The zero-order chi connectivity index (χ0) is 20.6. The van der Waals surface area contributed by atoms with Crippen molar-refractivity contribution in [3.8, 4) is 17.0 Å². The van der Waals surface area contributed by atoms with E-state index in [1.54, 1.807) is 12.3 Å². The van der Waals surface area contributed by atoms with Gasteiger partial charge >= 0.3 is 0 Å². The summed E-state index contributed by atoms with van der Waals surface area (Å²) in [6.07, 6.45) is 2.60. The highest BCUT2D eigenvalue weighted by Gasteiger charge is 2.11. The first-order valence-corrected chi connectivity index (χ1v) is 9.76. The van der Waals surface area contributed by atoms with Gasteiger partial charge in [0.1, 0.15) is 11.4 Å². The van der Waals surface area contributed by atoms with E-state index in [1.807, 2.05) is 43.3 Å². The van der Waals surface area contributed by atoms with E-state index in [2.05, 4.69) is 46.7 Å². The lowest BCUT2D eigenvalue weighted by atomic mass is 10.0. The lowest BCUT2D eigenvalue weighted by molar-refractivity contribution is 0.0950. The van der Waals surface area contributed by atoms with Gasteiger partial charge in [0.15, 0.2) is 0 Å². The van der Waals surface area contributed by atoms with Crippen LogP contribution in [0.2, 0.25) is 0 Å². The maximum absolute atomic E-state index is 12.3. The highest BCUT2D eigenvalue weighted by atomic mass is 16.5. The first kappa shape index (κ1) is 20.3. The first-order valence-electron chi connectivity index (χ1n) is 9.76. The van der Waals surface area contributed by atoms with Crippen LogP contribution in [-0.4, -0.2) is 28.9 Å².